The van der Waals surface area contributed by atoms with Gasteiger partial charge in [-0.3, -0.25) is 19.4 Å². The van der Waals surface area contributed by atoms with E-state index in [-0.39, 0.29) is 16.4 Å². The third kappa shape index (κ3) is 3.65. The summed E-state index contributed by atoms with van der Waals surface area (Å²) in [5, 5.41) is 13.1. The summed E-state index contributed by atoms with van der Waals surface area (Å²) in [5.41, 5.74) is -0.620. The van der Waals surface area contributed by atoms with E-state index < -0.39 is 28.9 Å². The Labute approximate surface area is 142 Å². The molecule has 0 aliphatic carbocycles. The molecule has 2 N–H and O–H groups in total. The summed E-state index contributed by atoms with van der Waals surface area (Å²) in [6.07, 6.45) is -3.13. The number of alkyl halides is 3. The summed E-state index contributed by atoms with van der Waals surface area (Å²) in [4.78, 5) is 27.0. The molecular weight excluding hydrogens is 367 g/mol. The van der Waals surface area contributed by atoms with Crippen LogP contribution in [0.1, 0.15) is 11.1 Å². The maximum absolute atomic E-state index is 12.5. The van der Waals surface area contributed by atoms with Gasteiger partial charge in [0.05, 0.1) is 16.8 Å². The lowest BCUT2D eigenvalue weighted by molar-refractivity contribution is -0.137. The van der Waals surface area contributed by atoms with E-state index in [0.717, 1.165) is 15.3 Å². The number of halogens is 4. The molecule has 2 heterocycles. The number of pyridine rings is 1. The van der Waals surface area contributed by atoms with E-state index in [4.69, 9.17) is 11.6 Å². The molecule has 8 nitrogen and oxygen atoms in total. The zero-order valence-electron chi connectivity index (χ0n) is 12.8. The van der Waals surface area contributed by atoms with Crippen molar-refractivity contribution in [3.05, 3.63) is 49.3 Å². The van der Waals surface area contributed by atoms with Gasteiger partial charge >= 0.3 is 11.9 Å². The first-order valence-electron chi connectivity index (χ1n) is 6.54. The second-order valence-corrected chi connectivity index (χ2v) is 5.27. The molecule has 12 heteroatoms. The third-order valence-corrected chi connectivity index (χ3v) is 3.49. The minimum absolute atomic E-state index is 0.188. The zero-order chi connectivity index (χ0) is 18.9. The molecule has 0 aromatic carbocycles. The summed E-state index contributed by atoms with van der Waals surface area (Å²) >= 11 is 5.69. The number of hydrazone groups is 1. The van der Waals surface area contributed by atoms with Crippen molar-refractivity contribution in [2.45, 2.75) is 6.18 Å². The van der Waals surface area contributed by atoms with Gasteiger partial charge in [0, 0.05) is 20.3 Å². The first-order chi connectivity index (χ1) is 11.5. The highest BCUT2D eigenvalue weighted by molar-refractivity contribution is 6.32. The average Bonchev–Trinajstić information content (AvgIpc) is 2.54. The summed E-state index contributed by atoms with van der Waals surface area (Å²) in [5.74, 6) is -0.808. The van der Waals surface area contributed by atoms with Gasteiger partial charge in [-0.05, 0) is 6.07 Å². The highest BCUT2D eigenvalue weighted by Gasteiger charge is 2.31. The van der Waals surface area contributed by atoms with Gasteiger partial charge in [0.2, 0.25) is 5.88 Å². The predicted molar refractivity (Wildman–Crippen MR) is 84.1 cm³/mol. The van der Waals surface area contributed by atoms with Crippen molar-refractivity contribution in [3.8, 4) is 5.88 Å². The molecule has 0 bridgehead atoms. The molecule has 134 valence electrons. The van der Waals surface area contributed by atoms with E-state index in [1.807, 2.05) is 0 Å². The first-order valence-corrected chi connectivity index (χ1v) is 6.92. The Morgan fingerprint density at radius 2 is 1.96 bits per heavy atom. The highest BCUT2D eigenvalue weighted by atomic mass is 35.5. The summed E-state index contributed by atoms with van der Waals surface area (Å²) in [7, 11) is 2.46. The molecular formula is C13H11ClF3N5O3. The number of nitrogens with one attached hydrogen (secondary N) is 1. The second-order valence-electron chi connectivity index (χ2n) is 4.87. The number of aromatic nitrogens is 3. The van der Waals surface area contributed by atoms with Gasteiger partial charge in [-0.25, -0.2) is 9.78 Å². The minimum Gasteiger partial charge on any atom is -0.494 e. The lowest BCUT2D eigenvalue weighted by Gasteiger charge is -2.09. The molecule has 0 saturated carbocycles. The molecule has 0 unspecified atom stereocenters. The van der Waals surface area contributed by atoms with Crippen LogP contribution in [-0.2, 0) is 20.3 Å². The zero-order valence-corrected chi connectivity index (χ0v) is 13.6. The molecule has 2 rings (SSSR count). The van der Waals surface area contributed by atoms with Gasteiger partial charge < -0.3 is 5.11 Å². The third-order valence-electron chi connectivity index (χ3n) is 3.20. The minimum atomic E-state index is -4.59. The Balaban J connectivity index is 2.32. The van der Waals surface area contributed by atoms with Gasteiger partial charge in [-0.1, -0.05) is 11.6 Å². The molecule has 2 aromatic rings. The Morgan fingerprint density at radius 1 is 1.32 bits per heavy atom. The van der Waals surface area contributed by atoms with Crippen LogP contribution in [0.2, 0.25) is 5.02 Å². The quantitative estimate of drug-likeness (QED) is 0.620. The molecule has 0 saturated heterocycles. The Hall–Kier alpha value is -2.82. The number of aromatic hydroxyl groups is 1. The Kier molecular flexibility index (Phi) is 4.88. The van der Waals surface area contributed by atoms with E-state index in [2.05, 4.69) is 15.5 Å². The van der Waals surface area contributed by atoms with Gasteiger partial charge in [0.15, 0.2) is 5.82 Å². The Morgan fingerprint density at radius 3 is 2.52 bits per heavy atom. The van der Waals surface area contributed by atoms with E-state index in [1.165, 1.54) is 14.1 Å². The van der Waals surface area contributed by atoms with Crippen LogP contribution < -0.4 is 16.7 Å². The van der Waals surface area contributed by atoms with Crippen LogP contribution in [0, 0.1) is 0 Å². The van der Waals surface area contributed by atoms with Gasteiger partial charge in [-0.15, -0.1) is 0 Å². The fraction of sp³-hybridized carbons (Fsp3) is 0.231. The van der Waals surface area contributed by atoms with Crippen LogP contribution in [0.3, 0.4) is 0 Å². The number of hydrogen-bond donors (Lipinski definition) is 2. The summed E-state index contributed by atoms with van der Waals surface area (Å²) in [6, 6.07) is 0.662. The van der Waals surface area contributed by atoms with Crippen molar-refractivity contribution in [1.82, 2.24) is 14.1 Å². The Bertz CT molecular complexity index is 965. The van der Waals surface area contributed by atoms with Crippen LogP contribution >= 0.6 is 11.6 Å². The normalized spacial score (nSPS) is 11.9. The fourth-order valence-electron chi connectivity index (χ4n) is 1.81. The fourth-order valence-corrected chi connectivity index (χ4v) is 2.01. The van der Waals surface area contributed by atoms with Gasteiger partial charge in [0.25, 0.3) is 5.56 Å². The van der Waals surface area contributed by atoms with Crippen molar-refractivity contribution < 1.29 is 18.3 Å². The second kappa shape index (κ2) is 6.59. The molecule has 0 aliphatic heterocycles. The standard InChI is InChI=1S/C13H11ClF3N5O3/c1-21-10(23)7(11(24)22(2)12(21)25)5-19-20-9-8(14)3-6(4-18-9)13(15,16)17/h3-5,23H,1-2H3,(H,18,20)/b19-5+. The molecule has 0 amide bonds. The lowest BCUT2D eigenvalue weighted by atomic mass is 10.3. The molecule has 0 aliphatic rings. The number of rotatable bonds is 3. The van der Waals surface area contributed by atoms with E-state index in [0.29, 0.717) is 12.3 Å². The van der Waals surface area contributed by atoms with Crippen LogP contribution in [0.5, 0.6) is 5.88 Å². The monoisotopic (exact) mass is 377 g/mol. The van der Waals surface area contributed by atoms with Crippen molar-refractivity contribution in [3.63, 3.8) is 0 Å². The van der Waals surface area contributed by atoms with Crippen molar-refractivity contribution >= 4 is 23.6 Å². The lowest BCUT2D eigenvalue weighted by Crippen LogP contribution is -2.38. The maximum atomic E-state index is 12.5. The van der Waals surface area contributed by atoms with Crippen molar-refractivity contribution in [2.24, 2.45) is 19.2 Å². The van der Waals surface area contributed by atoms with Crippen LogP contribution in [0.15, 0.2) is 27.0 Å². The predicted octanol–water partition coefficient (Wildman–Crippen LogP) is 1.30. The number of anilines is 1. The SMILES string of the molecule is Cn1c(O)c(/C=N/Nc2ncc(C(F)(F)F)cc2Cl)c(=O)n(C)c1=O. The van der Waals surface area contributed by atoms with E-state index >= 15 is 0 Å². The number of nitrogens with zero attached hydrogens (tertiary/aromatic N) is 4. The van der Waals surface area contributed by atoms with E-state index in [9.17, 15) is 27.9 Å². The molecule has 0 spiro atoms. The van der Waals surface area contributed by atoms with Gasteiger partial charge in [0.1, 0.15) is 5.56 Å². The summed E-state index contributed by atoms with van der Waals surface area (Å²) < 4.78 is 39.2. The average molecular weight is 378 g/mol. The topological polar surface area (TPSA) is 102 Å². The van der Waals surface area contributed by atoms with Crippen molar-refractivity contribution in [2.75, 3.05) is 5.43 Å². The van der Waals surface area contributed by atoms with Crippen LogP contribution in [-0.4, -0.2) is 25.4 Å². The smallest absolute Gasteiger partial charge is 0.417 e. The maximum Gasteiger partial charge on any atom is 0.417 e. The number of hydrogen-bond acceptors (Lipinski definition) is 6. The molecule has 0 atom stereocenters. The molecule has 2 aromatic heterocycles. The first kappa shape index (κ1) is 18.5. The molecule has 25 heavy (non-hydrogen) atoms. The molecule has 0 fully saturated rings. The van der Waals surface area contributed by atoms with E-state index in [1.54, 1.807) is 0 Å². The van der Waals surface area contributed by atoms with Gasteiger partial charge in [-0.2, -0.15) is 18.3 Å². The summed E-state index contributed by atoms with van der Waals surface area (Å²) in [6.45, 7) is 0. The highest BCUT2D eigenvalue weighted by Crippen LogP contribution is 2.32. The van der Waals surface area contributed by atoms with Crippen LogP contribution in [0.25, 0.3) is 0 Å². The van der Waals surface area contributed by atoms with Crippen LogP contribution in [0.4, 0.5) is 19.0 Å². The molecule has 0 radical (unpaired) electrons. The van der Waals surface area contributed by atoms with Crippen molar-refractivity contribution in [1.29, 1.82) is 0 Å². The largest absolute Gasteiger partial charge is 0.494 e.